The van der Waals surface area contributed by atoms with Crippen LogP contribution in [0.2, 0.25) is 5.02 Å². The first-order valence-corrected chi connectivity index (χ1v) is 13.6. The second kappa shape index (κ2) is 13.3. The van der Waals surface area contributed by atoms with Gasteiger partial charge in [-0.1, -0.05) is 41.9 Å². The number of pyridine rings is 1. The number of hydrogen-bond acceptors (Lipinski definition) is 5. The van der Waals surface area contributed by atoms with Crippen LogP contribution in [0.4, 0.5) is 0 Å². The molecule has 1 aliphatic heterocycles. The predicted molar refractivity (Wildman–Crippen MR) is 153 cm³/mol. The third kappa shape index (κ3) is 7.30. The minimum Gasteiger partial charge on any atom is -0.491 e. The molecule has 9 nitrogen and oxygen atoms in total. The van der Waals surface area contributed by atoms with Crippen LogP contribution in [0.5, 0.6) is 5.75 Å². The fourth-order valence-corrected chi connectivity index (χ4v) is 4.70. The molecule has 0 saturated carbocycles. The van der Waals surface area contributed by atoms with Crippen LogP contribution in [0.15, 0.2) is 65.5 Å². The summed E-state index contributed by atoms with van der Waals surface area (Å²) in [6.07, 6.45) is 1.53. The third-order valence-electron chi connectivity index (χ3n) is 6.86. The number of ether oxygens (including phenoxy) is 1. The average Bonchev–Trinajstić information content (AvgIpc) is 2.94. The highest BCUT2D eigenvalue weighted by molar-refractivity contribution is 6.31. The van der Waals surface area contributed by atoms with Gasteiger partial charge >= 0.3 is 0 Å². The van der Waals surface area contributed by atoms with Crippen LogP contribution in [0.1, 0.15) is 44.8 Å². The minimum atomic E-state index is -0.512. The number of fused-ring (bicyclic) bond motifs is 1. The third-order valence-corrected chi connectivity index (χ3v) is 7.10. The Morgan fingerprint density at radius 2 is 1.82 bits per heavy atom. The van der Waals surface area contributed by atoms with Crippen LogP contribution >= 0.6 is 11.6 Å². The second-order valence-corrected chi connectivity index (χ2v) is 10.3. The van der Waals surface area contributed by atoms with Crippen LogP contribution in [-0.4, -0.2) is 59.5 Å². The fourth-order valence-electron chi connectivity index (χ4n) is 4.53. The number of aryl methyl sites for hydroxylation is 1. The van der Waals surface area contributed by atoms with Gasteiger partial charge in [0.25, 0.3) is 17.4 Å². The highest BCUT2D eigenvalue weighted by Gasteiger charge is 2.24. The van der Waals surface area contributed by atoms with Crippen LogP contribution in [0.25, 0.3) is 0 Å². The van der Waals surface area contributed by atoms with Gasteiger partial charge in [0.1, 0.15) is 17.9 Å². The molecule has 10 heteroatoms. The molecule has 1 aromatic heterocycles. The van der Waals surface area contributed by atoms with E-state index in [4.69, 9.17) is 16.3 Å². The highest BCUT2D eigenvalue weighted by Crippen LogP contribution is 2.23. The van der Waals surface area contributed by atoms with E-state index in [1.807, 2.05) is 30.3 Å². The van der Waals surface area contributed by atoms with Crippen LogP contribution < -0.4 is 20.9 Å². The Labute approximate surface area is 238 Å². The fraction of sp³-hybridized carbons (Fsp3) is 0.333. The van der Waals surface area contributed by atoms with E-state index >= 15 is 0 Å². The van der Waals surface area contributed by atoms with Crippen molar-refractivity contribution in [1.82, 2.24) is 20.1 Å². The molecule has 0 saturated heterocycles. The zero-order valence-electron chi connectivity index (χ0n) is 22.6. The van der Waals surface area contributed by atoms with Gasteiger partial charge in [-0.05, 0) is 62.1 Å². The number of nitrogens with one attached hydrogen (secondary N) is 2. The van der Waals surface area contributed by atoms with E-state index in [1.54, 1.807) is 38.2 Å². The SMILES string of the molecule is Cc1ccc(C(=O)N2CCCCNC(=O)c3cc(Cl)ccc3OC[C@@H](Cc3ccccc3)NC(=O)C2)c(=O)n1C. The molecule has 0 fully saturated rings. The lowest BCUT2D eigenvalue weighted by Gasteiger charge is -2.25. The summed E-state index contributed by atoms with van der Waals surface area (Å²) < 4.78 is 7.46. The first kappa shape index (κ1) is 28.9. The maximum absolute atomic E-state index is 13.5. The Bertz CT molecular complexity index is 1440. The van der Waals surface area contributed by atoms with Gasteiger partial charge in [0.15, 0.2) is 0 Å². The topological polar surface area (TPSA) is 110 Å². The summed E-state index contributed by atoms with van der Waals surface area (Å²) in [7, 11) is 1.61. The first-order chi connectivity index (χ1) is 19.2. The van der Waals surface area contributed by atoms with Crippen molar-refractivity contribution in [2.75, 3.05) is 26.2 Å². The summed E-state index contributed by atoms with van der Waals surface area (Å²) in [6.45, 7) is 2.22. The van der Waals surface area contributed by atoms with Crippen molar-refractivity contribution >= 4 is 29.3 Å². The first-order valence-electron chi connectivity index (χ1n) is 13.2. The van der Waals surface area contributed by atoms with Gasteiger partial charge < -0.3 is 24.8 Å². The van der Waals surface area contributed by atoms with Gasteiger partial charge in [-0.15, -0.1) is 0 Å². The average molecular weight is 565 g/mol. The van der Waals surface area contributed by atoms with Crippen molar-refractivity contribution in [3.05, 3.63) is 98.4 Å². The molecule has 0 aliphatic carbocycles. The second-order valence-electron chi connectivity index (χ2n) is 9.85. The molecule has 2 N–H and O–H groups in total. The lowest BCUT2D eigenvalue weighted by Crippen LogP contribution is -2.48. The van der Waals surface area contributed by atoms with E-state index in [9.17, 15) is 19.2 Å². The summed E-state index contributed by atoms with van der Waals surface area (Å²) in [5.41, 5.74) is 1.60. The van der Waals surface area contributed by atoms with Crippen LogP contribution in [-0.2, 0) is 18.3 Å². The quantitative estimate of drug-likeness (QED) is 0.508. The number of nitrogens with zero attached hydrogens (tertiary/aromatic N) is 2. The maximum Gasteiger partial charge on any atom is 0.263 e. The normalized spacial score (nSPS) is 17.0. The Morgan fingerprint density at radius 3 is 2.60 bits per heavy atom. The molecule has 0 bridgehead atoms. The van der Waals surface area contributed by atoms with Gasteiger partial charge in [-0.3, -0.25) is 19.2 Å². The number of amides is 3. The monoisotopic (exact) mass is 564 g/mol. The summed E-state index contributed by atoms with van der Waals surface area (Å²) in [5.74, 6) is -0.854. The zero-order valence-corrected chi connectivity index (χ0v) is 23.4. The molecule has 40 heavy (non-hydrogen) atoms. The van der Waals surface area contributed by atoms with E-state index in [1.165, 1.54) is 15.5 Å². The van der Waals surface area contributed by atoms with E-state index < -0.39 is 17.5 Å². The number of halogens is 1. The highest BCUT2D eigenvalue weighted by atomic mass is 35.5. The zero-order chi connectivity index (χ0) is 28.6. The van der Waals surface area contributed by atoms with Crippen molar-refractivity contribution < 1.29 is 19.1 Å². The molecule has 2 aromatic carbocycles. The van der Waals surface area contributed by atoms with Crippen molar-refractivity contribution in [1.29, 1.82) is 0 Å². The largest absolute Gasteiger partial charge is 0.491 e. The standard InChI is InChI=1S/C30H33ClN4O5/c1-20-10-12-24(29(38)34(20)2)30(39)35-15-7-6-14-32-28(37)25-17-22(31)11-13-26(25)40-19-23(33-27(36)18-35)16-21-8-4-3-5-9-21/h3-5,8-13,17,23H,6-7,14-16,18-19H2,1-2H3,(H,32,37)(H,33,36)/t23-/m1/s1. The molecular weight excluding hydrogens is 532 g/mol. The molecule has 4 rings (SSSR count). The van der Waals surface area contributed by atoms with Crippen molar-refractivity contribution in [2.24, 2.45) is 7.05 Å². The number of benzene rings is 2. The number of carbonyl (C=O) groups excluding carboxylic acids is 3. The number of carbonyl (C=O) groups is 3. The van der Waals surface area contributed by atoms with Gasteiger partial charge in [-0.2, -0.15) is 0 Å². The molecule has 210 valence electrons. The van der Waals surface area contributed by atoms with Crippen molar-refractivity contribution in [3.63, 3.8) is 0 Å². The molecule has 0 radical (unpaired) electrons. The summed E-state index contributed by atoms with van der Waals surface area (Å²) in [5, 5.41) is 6.27. The van der Waals surface area contributed by atoms with Gasteiger partial charge in [0.05, 0.1) is 18.2 Å². The smallest absolute Gasteiger partial charge is 0.263 e. The molecular formula is C30H33ClN4O5. The summed E-state index contributed by atoms with van der Waals surface area (Å²) in [6, 6.07) is 17.2. The summed E-state index contributed by atoms with van der Waals surface area (Å²) >= 11 is 6.16. The lowest BCUT2D eigenvalue weighted by molar-refractivity contribution is -0.122. The van der Waals surface area contributed by atoms with Gasteiger partial charge in [-0.25, -0.2) is 0 Å². The van der Waals surface area contributed by atoms with E-state index in [2.05, 4.69) is 10.6 Å². The minimum absolute atomic E-state index is 0.00335. The molecule has 1 atom stereocenters. The number of hydrogen-bond donors (Lipinski definition) is 2. The van der Waals surface area contributed by atoms with E-state index in [0.29, 0.717) is 42.1 Å². The number of aromatic nitrogens is 1. The Balaban J connectivity index is 1.61. The Hall–Kier alpha value is -4.11. The van der Waals surface area contributed by atoms with Gasteiger partial charge in [0, 0.05) is 30.9 Å². The number of rotatable bonds is 3. The molecule has 2 heterocycles. The lowest BCUT2D eigenvalue weighted by atomic mass is 10.1. The molecule has 0 spiro atoms. The van der Waals surface area contributed by atoms with E-state index in [-0.39, 0.29) is 37.1 Å². The molecule has 0 unspecified atom stereocenters. The van der Waals surface area contributed by atoms with Crippen molar-refractivity contribution in [3.8, 4) is 5.75 Å². The Kier molecular flexibility index (Phi) is 9.60. The molecule has 3 aromatic rings. The van der Waals surface area contributed by atoms with Crippen LogP contribution in [0, 0.1) is 6.92 Å². The predicted octanol–water partition coefficient (Wildman–Crippen LogP) is 3.12. The maximum atomic E-state index is 13.5. The van der Waals surface area contributed by atoms with E-state index in [0.717, 1.165) is 11.3 Å². The van der Waals surface area contributed by atoms with Crippen LogP contribution in [0.3, 0.4) is 0 Å². The molecule has 1 aliphatic rings. The van der Waals surface area contributed by atoms with Crippen molar-refractivity contribution in [2.45, 2.75) is 32.2 Å². The summed E-state index contributed by atoms with van der Waals surface area (Å²) in [4.78, 5) is 53.9. The Morgan fingerprint density at radius 1 is 1.05 bits per heavy atom. The van der Waals surface area contributed by atoms with Gasteiger partial charge in [0.2, 0.25) is 5.91 Å². The molecule has 3 amide bonds.